The Hall–Kier alpha value is -3.63. The second-order valence-electron chi connectivity index (χ2n) is 7.74. The molecule has 3 aromatic rings. The minimum Gasteiger partial charge on any atom is -0.484 e. The fourth-order valence-corrected chi connectivity index (χ4v) is 3.88. The monoisotopic (exact) mass is 434 g/mol. The number of carbonyl (C=O) groups is 1. The van der Waals surface area contributed by atoms with Crippen molar-refractivity contribution in [3.05, 3.63) is 89.1 Å². The van der Waals surface area contributed by atoms with E-state index in [2.05, 4.69) is 11.4 Å². The molecule has 4 rings (SSSR count). The number of amides is 1. The lowest BCUT2D eigenvalue weighted by Crippen LogP contribution is -2.44. The van der Waals surface area contributed by atoms with Crippen molar-refractivity contribution < 1.29 is 23.1 Å². The highest BCUT2D eigenvalue weighted by atomic mass is 19.1. The lowest BCUT2D eigenvalue weighted by molar-refractivity contribution is 0.0484. The van der Waals surface area contributed by atoms with Crippen LogP contribution in [0.15, 0.2) is 65.1 Å². The molecule has 0 bridgehead atoms. The quantitative estimate of drug-likeness (QED) is 0.598. The summed E-state index contributed by atoms with van der Waals surface area (Å²) in [4.78, 5) is 12.7. The second-order valence-corrected chi connectivity index (χ2v) is 7.74. The fourth-order valence-electron chi connectivity index (χ4n) is 3.88. The smallest absolute Gasteiger partial charge is 0.287 e. The van der Waals surface area contributed by atoms with Crippen LogP contribution in [-0.2, 0) is 16.8 Å². The number of hydrogen-bond acceptors (Lipinski definition) is 5. The van der Waals surface area contributed by atoms with Crippen LogP contribution in [0.5, 0.6) is 5.75 Å². The molecule has 2 aromatic carbocycles. The largest absolute Gasteiger partial charge is 0.484 e. The van der Waals surface area contributed by atoms with Gasteiger partial charge in [-0.3, -0.25) is 4.79 Å². The van der Waals surface area contributed by atoms with Gasteiger partial charge in [-0.05, 0) is 54.8 Å². The van der Waals surface area contributed by atoms with E-state index in [4.69, 9.17) is 19.2 Å². The van der Waals surface area contributed by atoms with Gasteiger partial charge in [-0.2, -0.15) is 5.26 Å². The molecule has 0 saturated carbocycles. The Bertz CT molecular complexity index is 1110. The summed E-state index contributed by atoms with van der Waals surface area (Å²) in [7, 11) is 0. The highest BCUT2D eigenvalue weighted by Gasteiger charge is 2.35. The van der Waals surface area contributed by atoms with Crippen molar-refractivity contribution in [2.24, 2.45) is 0 Å². The summed E-state index contributed by atoms with van der Waals surface area (Å²) >= 11 is 0. The maximum Gasteiger partial charge on any atom is 0.287 e. The van der Waals surface area contributed by atoms with E-state index >= 15 is 0 Å². The maximum absolute atomic E-state index is 13.4. The molecular formula is C25H23FN2O4. The lowest BCUT2D eigenvalue weighted by Gasteiger charge is -2.37. The molecule has 1 aromatic heterocycles. The molecule has 1 saturated heterocycles. The minimum atomic E-state index is -0.332. The van der Waals surface area contributed by atoms with Crippen molar-refractivity contribution in [1.29, 1.82) is 5.26 Å². The Labute approximate surface area is 185 Å². The molecule has 7 heteroatoms. The predicted molar refractivity (Wildman–Crippen MR) is 115 cm³/mol. The highest BCUT2D eigenvalue weighted by Crippen LogP contribution is 2.34. The number of nitrogens with zero attached hydrogens (tertiary/aromatic N) is 1. The van der Waals surface area contributed by atoms with Crippen LogP contribution in [0.3, 0.4) is 0 Å². The van der Waals surface area contributed by atoms with Gasteiger partial charge in [0.1, 0.15) is 30.0 Å². The average Bonchev–Trinajstić information content (AvgIpc) is 3.31. The van der Waals surface area contributed by atoms with E-state index in [-0.39, 0.29) is 29.5 Å². The normalized spacial score (nSPS) is 15.0. The van der Waals surface area contributed by atoms with Gasteiger partial charge in [0, 0.05) is 25.2 Å². The average molecular weight is 434 g/mol. The molecule has 1 fully saturated rings. The Kier molecular flexibility index (Phi) is 6.52. The predicted octanol–water partition coefficient (Wildman–Crippen LogP) is 4.35. The first kappa shape index (κ1) is 21.6. The molecule has 164 valence electrons. The molecule has 0 atom stereocenters. The summed E-state index contributed by atoms with van der Waals surface area (Å²) in [5, 5.41) is 12.1. The van der Waals surface area contributed by atoms with Gasteiger partial charge in [-0.15, -0.1) is 0 Å². The number of nitriles is 1. The molecule has 0 radical (unpaired) electrons. The van der Waals surface area contributed by atoms with Gasteiger partial charge in [-0.1, -0.05) is 24.3 Å². The number of furan rings is 1. The van der Waals surface area contributed by atoms with Crippen LogP contribution in [0.1, 0.15) is 40.3 Å². The van der Waals surface area contributed by atoms with Gasteiger partial charge in [0.15, 0.2) is 5.76 Å². The fraction of sp³-hybridized carbons (Fsp3) is 0.280. The Morgan fingerprint density at radius 3 is 2.59 bits per heavy atom. The van der Waals surface area contributed by atoms with E-state index in [0.29, 0.717) is 36.8 Å². The summed E-state index contributed by atoms with van der Waals surface area (Å²) in [6.07, 6.45) is 1.46. The SMILES string of the molecule is N#Cc1ccccc1OCc1ccc(C(=O)NCC2(c3ccc(F)cc3)CCOCC2)o1. The standard InChI is InChI=1S/C25H23FN2O4/c26-20-7-5-19(6-8-20)25(11-13-30-14-12-25)17-28-24(29)23-10-9-21(32-23)16-31-22-4-2-1-3-18(22)15-27/h1-10H,11-14,16-17H2,(H,28,29). The van der Waals surface area contributed by atoms with Crippen LogP contribution in [0, 0.1) is 17.1 Å². The number of carbonyl (C=O) groups excluding carboxylic acids is 1. The first-order valence-corrected chi connectivity index (χ1v) is 10.4. The van der Waals surface area contributed by atoms with Crippen LogP contribution in [0.4, 0.5) is 4.39 Å². The molecule has 1 N–H and O–H groups in total. The molecule has 1 aliphatic rings. The van der Waals surface area contributed by atoms with Crippen LogP contribution in [0.25, 0.3) is 0 Å². The van der Waals surface area contributed by atoms with E-state index < -0.39 is 0 Å². The Morgan fingerprint density at radius 2 is 1.84 bits per heavy atom. The van der Waals surface area contributed by atoms with Gasteiger partial charge >= 0.3 is 0 Å². The molecule has 0 aliphatic carbocycles. The number of benzene rings is 2. The summed E-state index contributed by atoms with van der Waals surface area (Å²) in [6.45, 7) is 1.66. The van der Waals surface area contributed by atoms with Crippen molar-refractivity contribution in [1.82, 2.24) is 5.32 Å². The first-order valence-electron chi connectivity index (χ1n) is 10.4. The van der Waals surface area contributed by atoms with E-state index in [1.807, 2.05) is 0 Å². The number of halogens is 1. The minimum absolute atomic E-state index is 0.100. The van der Waals surface area contributed by atoms with Gasteiger partial charge in [0.2, 0.25) is 0 Å². The van der Waals surface area contributed by atoms with Gasteiger partial charge in [0.05, 0.1) is 5.56 Å². The van der Waals surface area contributed by atoms with Crippen LogP contribution in [0.2, 0.25) is 0 Å². The van der Waals surface area contributed by atoms with E-state index in [0.717, 1.165) is 18.4 Å². The zero-order valence-corrected chi connectivity index (χ0v) is 17.5. The number of para-hydroxylation sites is 1. The molecule has 0 unspecified atom stereocenters. The Morgan fingerprint density at radius 1 is 1.09 bits per heavy atom. The molecule has 2 heterocycles. The van der Waals surface area contributed by atoms with Crippen LogP contribution < -0.4 is 10.1 Å². The molecule has 32 heavy (non-hydrogen) atoms. The number of rotatable bonds is 7. The van der Waals surface area contributed by atoms with Crippen molar-refractivity contribution >= 4 is 5.91 Å². The number of nitrogens with one attached hydrogen (secondary N) is 1. The van der Waals surface area contributed by atoms with Gasteiger partial charge in [0.25, 0.3) is 5.91 Å². The van der Waals surface area contributed by atoms with E-state index in [1.54, 1.807) is 48.5 Å². The number of ether oxygens (including phenoxy) is 2. The molecule has 0 spiro atoms. The van der Waals surface area contributed by atoms with Gasteiger partial charge in [-0.25, -0.2) is 4.39 Å². The van der Waals surface area contributed by atoms with E-state index in [1.165, 1.54) is 12.1 Å². The maximum atomic E-state index is 13.4. The van der Waals surface area contributed by atoms with Crippen molar-refractivity contribution in [2.45, 2.75) is 24.9 Å². The highest BCUT2D eigenvalue weighted by molar-refractivity contribution is 5.91. The second kappa shape index (κ2) is 9.67. The van der Waals surface area contributed by atoms with Crippen molar-refractivity contribution in [3.63, 3.8) is 0 Å². The zero-order chi connectivity index (χ0) is 22.4. The summed E-state index contributed by atoms with van der Waals surface area (Å²) < 4.78 is 30.2. The lowest BCUT2D eigenvalue weighted by atomic mass is 9.74. The summed E-state index contributed by atoms with van der Waals surface area (Å²) in [5.74, 6) is 0.489. The van der Waals surface area contributed by atoms with Crippen LogP contribution in [-0.4, -0.2) is 25.7 Å². The van der Waals surface area contributed by atoms with E-state index in [9.17, 15) is 9.18 Å². The van der Waals surface area contributed by atoms with Gasteiger partial charge < -0.3 is 19.2 Å². The third-order valence-electron chi connectivity index (χ3n) is 5.76. The molecular weight excluding hydrogens is 411 g/mol. The Balaban J connectivity index is 1.40. The van der Waals surface area contributed by atoms with Crippen molar-refractivity contribution in [3.8, 4) is 11.8 Å². The molecule has 6 nitrogen and oxygen atoms in total. The van der Waals surface area contributed by atoms with Crippen molar-refractivity contribution in [2.75, 3.05) is 19.8 Å². The third-order valence-corrected chi connectivity index (χ3v) is 5.76. The molecule has 1 aliphatic heterocycles. The summed E-state index contributed by atoms with van der Waals surface area (Å²) in [5.41, 5.74) is 1.09. The van der Waals surface area contributed by atoms with Crippen LogP contribution >= 0.6 is 0 Å². The third kappa shape index (κ3) is 4.82. The summed E-state index contributed by atoms with van der Waals surface area (Å²) in [6, 6.07) is 18.7. The number of hydrogen-bond donors (Lipinski definition) is 1. The topological polar surface area (TPSA) is 84.5 Å². The first-order chi connectivity index (χ1) is 15.6. The zero-order valence-electron chi connectivity index (χ0n) is 17.5. The molecule has 1 amide bonds.